The minimum atomic E-state index is 0.204. The highest BCUT2D eigenvalue weighted by molar-refractivity contribution is 5.35. The molecule has 1 nitrogen and oxygen atoms in total. The van der Waals surface area contributed by atoms with Crippen LogP contribution in [0.3, 0.4) is 0 Å². The normalized spacial score (nSPS) is 13.9. The first-order valence-electron chi connectivity index (χ1n) is 6.21. The molecule has 1 atom stereocenters. The number of hydrogen-bond donors (Lipinski definition) is 1. The third-order valence-corrected chi connectivity index (χ3v) is 3.60. The molecule has 90 valence electrons. The Bertz CT molecular complexity index is 352. The zero-order valence-electron chi connectivity index (χ0n) is 11.5. The average Bonchev–Trinajstić information content (AvgIpc) is 2.21. The number of rotatable bonds is 4. The molecule has 0 aromatic heterocycles. The molecule has 1 heteroatoms. The van der Waals surface area contributed by atoms with Crippen molar-refractivity contribution in [3.63, 3.8) is 0 Å². The van der Waals surface area contributed by atoms with Crippen molar-refractivity contribution in [1.82, 2.24) is 5.32 Å². The molecule has 1 aromatic rings. The largest absolute Gasteiger partial charge is 0.305 e. The molecule has 0 saturated heterocycles. The molecule has 0 saturated carbocycles. The van der Waals surface area contributed by atoms with Gasteiger partial charge in [0, 0.05) is 11.6 Å². The first-order valence-corrected chi connectivity index (χ1v) is 6.21. The van der Waals surface area contributed by atoms with E-state index in [4.69, 9.17) is 0 Å². The van der Waals surface area contributed by atoms with E-state index in [2.05, 4.69) is 65.1 Å². The Balaban J connectivity index is 2.89. The summed E-state index contributed by atoms with van der Waals surface area (Å²) in [6.07, 6.45) is 1.14. The van der Waals surface area contributed by atoms with E-state index in [0.717, 1.165) is 6.42 Å². The van der Waals surface area contributed by atoms with Crippen molar-refractivity contribution in [2.45, 2.75) is 59.5 Å². The summed E-state index contributed by atoms with van der Waals surface area (Å²) in [4.78, 5) is 0. The first kappa shape index (κ1) is 13.2. The predicted octanol–water partition coefficient (Wildman–Crippen LogP) is 4.14. The van der Waals surface area contributed by atoms with E-state index in [9.17, 15) is 0 Å². The van der Waals surface area contributed by atoms with Crippen LogP contribution in [0, 0.1) is 13.8 Å². The van der Waals surface area contributed by atoms with Gasteiger partial charge < -0.3 is 5.32 Å². The van der Waals surface area contributed by atoms with Crippen LogP contribution in [-0.4, -0.2) is 5.54 Å². The lowest BCUT2D eigenvalue weighted by molar-refractivity contribution is 0.337. The molecule has 1 aromatic carbocycles. The Labute approximate surface area is 100 Å². The lowest BCUT2D eigenvalue weighted by Crippen LogP contribution is -2.40. The topological polar surface area (TPSA) is 12.0 Å². The molecule has 16 heavy (non-hydrogen) atoms. The van der Waals surface area contributed by atoms with E-state index in [1.807, 2.05) is 0 Å². The second kappa shape index (κ2) is 5.01. The minimum absolute atomic E-state index is 0.204. The summed E-state index contributed by atoms with van der Waals surface area (Å²) in [5.41, 5.74) is 4.41. The van der Waals surface area contributed by atoms with Crippen LogP contribution in [-0.2, 0) is 0 Å². The highest BCUT2D eigenvalue weighted by Gasteiger charge is 2.19. The second-order valence-corrected chi connectivity index (χ2v) is 5.39. The zero-order valence-corrected chi connectivity index (χ0v) is 11.5. The van der Waals surface area contributed by atoms with Gasteiger partial charge >= 0.3 is 0 Å². The number of nitrogens with one attached hydrogen (secondary N) is 1. The van der Waals surface area contributed by atoms with Gasteiger partial charge in [0.1, 0.15) is 0 Å². The monoisotopic (exact) mass is 219 g/mol. The van der Waals surface area contributed by atoms with Crippen LogP contribution in [0.15, 0.2) is 18.2 Å². The van der Waals surface area contributed by atoms with Gasteiger partial charge in [0.25, 0.3) is 0 Å². The minimum Gasteiger partial charge on any atom is -0.305 e. The third-order valence-electron chi connectivity index (χ3n) is 3.60. The van der Waals surface area contributed by atoms with Gasteiger partial charge in [-0.15, -0.1) is 0 Å². The van der Waals surface area contributed by atoms with E-state index < -0.39 is 0 Å². The van der Waals surface area contributed by atoms with Crippen LogP contribution in [0.25, 0.3) is 0 Å². The molecule has 0 aliphatic rings. The fraction of sp³-hybridized carbons (Fsp3) is 0.600. The van der Waals surface area contributed by atoms with E-state index in [1.54, 1.807) is 0 Å². The van der Waals surface area contributed by atoms with E-state index in [0.29, 0.717) is 6.04 Å². The maximum atomic E-state index is 3.69. The Kier molecular flexibility index (Phi) is 4.15. The van der Waals surface area contributed by atoms with Gasteiger partial charge in [-0.25, -0.2) is 0 Å². The molecule has 0 aliphatic heterocycles. The molecule has 0 spiro atoms. The van der Waals surface area contributed by atoms with Gasteiger partial charge in [0.2, 0.25) is 0 Å². The summed E-state index contributed by atoms with van der Waals surface area (Å²) in [7, 11) is 0. The number of hydrogen-bond acceptors (Lipinski definition) is 1. The van der Waals surface area contributed by atoms with Crippen LogP contribution >= 0.6 is 0 Å². The highest BCUT2D eigenvalue weighted by Crippen LogP contribution is 2.23. The zero-order chi connectivity index (χ0) is 12.3. The molecule has 0 bridgehead atoms. The van der Waals surface area contributed by atoms with Crippen LogP contribution in [0.4, 0.5) is 0 Å². The Morgan fingerprint density at radius 2 is 1.88 bits per heavy atom. The van der Waals surface area contributed by atoms with Gasteiger partial charge in [0.15, 0.2) is 0 Å². The lowest BCUT2D eigenvalue weighted by Gasteiger charge is -2.30. The molecule has 1 unspecified atom stereocenters. The van der Waals surface area contributed by atoms with Crippen molar-refractivity contribution in [2.75, 3.05) is 0 Å². The predicted molar refractivity (Wildman–Crippen MR) is 71.8 cm³/mol. The highest BCUT2D eigenvalue weighted by atomic mass is 15.0. The molecule has 0 radical (unpaired) electrons. The molecule has 0 fully saturated rings. The maximum Gasteiger partial charge on any atom is 0.0299 e. The van der Waals surface area contributed by atoms with Gasteiger partial charge in [-0.3, -0.25) is 0 Å². The molecule has 1 rings (SSSR count). The second-order valence-electron chi connectivity index (χ2n) is 5.39. The van der Waals surface area contributed by atoms with E-state index in [-0.39, 0.29) is 5.54 Å². The SMILES string of the molecule is CCC(C)(C)NC(C)c1cccc(C)c1C. The smallest absolute Gasteiger partial charge is 0.0299 e. The molecule has 0 aliphatic carbocycles. The van der Waals surface area contributed by atoms with Crippen LogP contribution in [0.2, 0.25) is 0 Å². The Hall–Kier alpha value is -0.820. The van der Waals surface area contributed by atoms with Crippen molar-refractivity contribution >= 4 is 0 Å². The van der Waals surface area contributed by atoms with Crippen LogP contribution in [0.1, 0.15) is 56.8 Å². The van der Waals surface area contributed by atoms with Crippen LogP contribution < -0.4 is 5.32 Å². The summed E-state index contributed by atoms with van der Waals surface area (Å²) < 4.78 is 0. The van der Waals surface area contributed by atoms with Crippen molar-refractivity contribution < 1.29 is 0 Å². The molecular formula is C15H25N. The number of benzene rings is 1. The van der Waals surface area contributed by atoms with Gasteiger partial charge in [-0.05, 0) is 57.7 Å². The van der Waals surface area contributed by atoms with Gasteiger partial charge in [0.05, 0.1) is 0 Å². The summed E-state index contributed by atoms with van der Waals surface area (Å²) in [5, 5.41) is 3.69. The Morgan fingerprint density at radius 1 is 1.25 bits per heavy atom. The van der Waals surface area contributed by atoms with Gasteiger partial charge in [-0.2, -0.15) is 0 Å². The van der Waals surface area contributed by atoms with Gasteiger partial charge in [-0.1, -0.05) is 25.1 Å². The fourth-order valence-electron chi connectivity index (χ4n) is 2.01. The van der Waals surface area contributed by atoms with Crippen molar-refractivity contribution in [3.05, 3.63) is 34.9 Å². The molecule has 0 heterocycles. The molecular weight excluding hydrogens is 194 g/mol. The quantitative estimate of drug-likeness (QED) is 0.802. The number of aryl methyl sites for hydroxylation is 1. The summed E-state index contributed by atoms with van der Waals surface area (Å²) >= 11 is 0. The van der Waals surface area contributed by atoms with E-state index in [1.165, 1.54) is 16.7 Å². The fourth-order valence-corrected chi connectivity index (χ4v) is 2.01. The standard InChI is InChI=1S/C15H25N/c1-7-15(5,6)16-13(4)14-10-8-9-11(2)12(14)3/h8-10,13,16H,7H2,1-6H3. The van der Waals surface area contributed by atoms with Crippen molar-refractivity contribution in [1.29, 1.82) is 0 Å². The maximum absolute atomic E-state index is 3.69. The molecule has 1 N–H and O–H groups in total. The summed E-state index contributed by atoms with van der Waals surface area (Å²) in [6.45, 7) is 13.4. The summed E-state index contributed by atoms with van der Waals surface area (Å²) in [5.74, 6) is 0. The third kappa shape index (κ3) is 3.08. The van der Waals surface area contributed by atoms with Crippen molar-refractivity contribution in [2.24, 2.45) is 0 Å². The average molecular weight is 219 g/mol. The van der Waals surface area contributed by atoms with E-state index >= 15 is 0 Å². The van der Waals surface area contributed by atoms with Crippen LogP contribution in [0.5, 0.6) is 0 Å². The lowest BCUT2D eigenvalue weighted by atomic mass is 9.94. The Morgan fingerprint density at radius 3 is 2.44 bits per heavy atom. The summed E-state index contributed by atoms with van der Waals surface area (Å²) in [6, 6.07) is 6.96. The molecule has 0 amide bonds. The van der Waals surface area contributed by atoms with Crippen molar-refractivity contribution in [3.8, 4) is 0 Å². The first-order chi connectivity index (χ1) is 7.37.